The Morgan fingerprint density at radius 2 is 2.00 bits per heavy atom. The first kappa shape index (κ1) is 14.5. The molecule has 0 unspecified atom stereocenters. The molecule has 0 saturated heterocycles. The Kier molecular flexibility index (Phi) is 4.74. The number of carbonyl (C=O) groups is 1. The second kappa shape index (κ2) is 6.52. The molecule has 1 N–H and O–H groups in total. The quantitative estimate of drug-likeness (QED) is 0.921. The fourth-order valence-corrected chi connectivity index (χ4v) is 2.97. The SMILES string of the molecule is Cc1occc1[S@](=O)CC(=O)N[C@H](C)c1ccccc1. The van der Waals surface area contributed by atoms with Gasteiger partial charge in [0, 0.05) is 0 Å². The highest BCUT2D eigenvalue weighted by Gasteiger charge is 2.16. The van der Waals surface area contributed by atoms with Gasteiger partial charge >= 0.3 is 0 Å². The highest BCUT2D eigenvalue weighted by Crippen LogP contribution is 2.15. The fraction of sp³-hybridized carbons (Fsp3) is 0.267. The van der Waals surface area contributed by atoms with E-state index in [4.69, 9.17) is 4.42 Å². The van der Waals surface area contributed by atoms with Crippen LogP contribution in [-0.2, 0) is 15.6 Å². The molecule has 1 heterocycles. The molecule has 0 aliphatic carbocycles. The Hall–Kier alpha value is -1.88. The van der Waals surface area contributed by atoms with Crippen molar-refractivity contribution in [3.05, 3.63) is 54.0 Å². The van der Waals surface area contributed by atoms with Gasteiger partial charge < -0.3 is 9.73 Å². The van der Waals surface area contributed by atoms with Crippen molar-refractivity contribution in [3.63, 3.8) is 0 Å². The zero-order valence-electron chi connectivity index (χ0n) is 11.5. The molecule has 0 aliphatic rings. The van der Waals surface area contributed by atoms with E-state index >= 15 is 0 Å². The largest absolute Gasteiger partial charge is 0.468 e. The number of hydrogen-bond donors (Lipinski definition) is 1. The van der Waals surface area contributed by atoms with E-state index in [2.05, 4.69) is 5.32 Å². The lowest BCUT2D eigenvalue weighted by atomic mass is 10.1. The summed E-state index contributed by atoms with van der Waals surface area (Å²) in [6.07, 6.45) is 1.48. The number of aryl methyl sites for hydroxylation is 1. The summed E-state index contributed by atoms with van der Waals surface area (Å²) in [5.74, 6) is 0.296. The van der Waals surface area contributed by atoms with Gasteiger partial charge in [-0.1, -0.05) is 30.3 Å². The van der Waals surface area contributed by atoms with Crippen LogP contribution in [0.25, 0.3) is 0 Å². The molecule has 5 heteroatoms. The van der Waals surface area contributed by atoms with Crippen molar-refractivity contribution in [1.29, 1.82) is 0 Å². The summed E-state index contributed by atoms with van der Waals surface area (Å²) in [6.45, 7) is 3.64. The normalized spacial score (nSPS) is 13.7. The van der Waals surface area contributed by atoms with Gasteiger partial charge in [-0.05, 0) is 25.5 Å². The van der Waals surface area contributed by atoms with Gasteiger partial charge in [0.05, 0.1) is 28.0 Å². The van der Waals surface area contributed by atoms with E-state index in [1.165, 1.54) is 6.26 Å². The molecule has 2 aromatic rings. The van der Waals surface area contributed by atoms with Crippen LogP contribution in [0.4, 0.5) is 0 Å². The molecule has 0 spiro atoms. The molecule has 0 bridgehead atoms. The van der Waals surface area contributed by atoms with Gasteiger partial charge in [-0.3, -0.25) is 9.00 Å². The summed E-state index contributed by atoms with van der Waals surface area (Å²) in [5, 5.41) is 2.85. The number of carbonyl (C=O) groups excluding carboxylic acids is 1. The number of nitrogens with one attached hydrogen (secondary N) is 1. The first-order valence-corrected chi connectivity index (χ1v) is 7.66. The highest BCUT2D eigenvalue weighted by atomic mass is 32.2. The van der Waals surface area contributed by atoms with Gasteiger partial charge in [0.2, 0.25) is 5.91 Å². The van der Waals surface area contributed by atoms with Crippen LogP contribution >= 0.6 is 0 Å². The summed E-state index contributed by atoms with van der Waals surface area (Å²) in [5.41, 5.74) is 1.02. The van der Waals surface area contributed by atoms with Crippen molar-refractivity contribution >= 4 is 16.7 Å². The van der Waals surface area contributed by atoms with Gasteiger partial charge in [-0.25, -0.2) is 0 Å². The van der Waals surface area contributed by atoms with E-state index in [1.807, 2.05) is 37.3 Å². The molecule has 1 amide bonds. The second-order valence-corrected chi connectivity index (χ2v) is 5.95. The van der Waals surface area contributed by atoms with Gasteiger partial charge in [0.1, 0.15) is 11.5 Å². The average Bonchev–Trinajstić information content (AvgIpc) is 2.86. The third kappa shape index (κ3) is 3.57. The van der Waals surface area contributed by atoms with Crippen molar-refractivity contribution < 1.29 is 13.4 Å². The van der Waals surface area contributed by atoms with E-state index < -0.39 is 10.8 Å². The zero-order valence-corrected chi connectivity index (χ0v) is 12.3. The van der Waals surface area contributed by atoms with Crippen molar-refractivity contribution in [2.75, 3.05) is 5.75 Å². The maximum Gasteiger partial charge on any atom is 0.233 e. The zero-order chi connectivity index (χ0) is 14.5. The smallest absolute Gasteiger partial charge is 0.233 e. The van der Waals surface area contributed by atoms with Crippen molar-refractivity contribution in [2.24, 2.45) is 0 Å². The predicted molar refractivity (Wildman–Crippen MR) is 77.7 cm³/mol. The van der Waals surface area contributed by atoms with E-state index in [0.717, 1.165) is 5.56 Å². The minimum absolute atomic E-state index is 0.0580. The summed E-state index contributed by atoms with van der Waals surface area (Å²) in [4.78, 5) is 12.5. The monoisotopic (exact) mass is 291 g/mol. The highest BCUT2D eigenvalue weighted by molar-refractivity contribution is 7.85. The molecular weight excluding hydrogens is 274 g/mol. The number of rotatable bonds is 5. The summed E-state index contributed by atoms with van der Waals surface area (Å²) in [7, 11) is -1.37. The number of hydrogen-bond acceptors (Lipinski definition) is 3. The van der Waals surface area contributed by atoms with E-state index in [1.54, 1.807) is 13.0 Å². The van der Waals surface area contributed by atoms with E-state index in [-0.39, 0.29) is 17.7 Å². The molecule has 0 saturated carbocycles. The molecule has 20 heavy (non-hydrogen) atoms. The lowest BCUT2D eigenvalue weighted by Gasteiger charge is -2.13. The predicted octanol–water partition coefficient (Wildman–Crippen LogP) is 2.57. The van der Waals surface area contributed by atoms with Gasteiger partial charge in [0.15, 0.2) is 0 Å². The molecular formula is C15H17NO3S. The third-order valence-corrected chi connectivity index (χ3v) is 4.43. The lowest BCUT2D eigenvalue weighted by Crippen LogP contribution is -2.30. The van der Waals surface area contributed by atoms with Crippen LogP contribution in [0.5, 0.6) is 0 Å². The van der Waals surface area contributed by atoms with E-state index in [0.29, 0.717) is 10.7 Å². The van der Waals surface area contributed by atoms with Crippen LogP contribution in [0.15, 0.2) is 52.0 Å². The summed E-state index contributed by atoms with van der Waals surface area (Å²) >= 11 is 0. The lowest BCUT2D eigenvalue weighted by molar-refractivity contribution is -0.119. The topological polar surface area (TPSA) is 59.3 Å². The molecule has 106 valence electrons. The van der Waals surface area contributed by atoms with E-state index in [9.17, 15) is 9.00 Å². The fourth-order valence-electron chi connectivity index (χ4n) is 1.91. The maximum absolute atomic E-state index is 12.0. The van der Waals surface area contributed by atoms with Crippen molar-refractivity contribution in [2.45, 2.75) is 24.8 Å². The first-order valence-electron chi connectivity index (χ1n) is 6.34. The van der Waals surface area contributed by atoms with Crippen LogP contribution in [0, 0.1) is 6.92 Å². The van der Waals surface area contributed by atoms with Crippen LogP contribution < -0.4 is 5.32 Å². The first-order chi connectivity index (χ1) is 9.58. The standard InChI is InChI=1S/C15H17NO3S/c1-11(13-6-4-3-5-7-13)16-15(17)10-20(18)14-8-9-19-12(14)2/h3-9,11H,10H2,1-2H3,(H,16,17)/t11-,20-/m1/s1. The molecule has 1 aromatic heterocycles. The average molecular weight is 291 g/mol. The molecule has 2 atom stereocenters. The van der Waals surface area contributed by atoms with Crippen LogP contribution in [0.1, 0.15) is 24.3 Å². The third-order valence-electron chi connectivity index (χ3n) is 3.00. The Labute approximate surface area is 120 Å². The Morgan fingerprint density at radius 3 is 2.60 bits per heavy atom. The Morgan fingerprint density at radius 1 is 1.30 bits per heavy atom. The van der Waals surface area contributed by atoms with Crippen LogP contribution in [-0.4, -0.2) is 15.9 Å². The number of furan rings is 1. The molecule has 0 fully saturated rings. The van der Waals surface area contributed by atoms with Crippen molar-refractivity contribution in [3.8, 4) is 0 Å². The van der Waals surface area contributed by atoms with Gasteiger partial charge in [0.25, 0.3) is 0 Å². The molecule has 0 radical (unpaired) electrons. The second-order valence-electron chi connectivity index (χ2n) is 4.53. The van der Waals surface area contributed by atoms with Crippen LogP contribution in [0.2, 0.25) is 0 Å². The minimum atomic E-state index is -1.37. The number of amides is 1. The molecule has 4 nitrogen and oxygen atoms in total. The minimum Gasteiger partial charge on any atom is -0.468 e. The maximum atomic E-state index is 12.0. The molecule has 1 aromatic carbocycles. The van der Waals surface area contributed by atoms with Gasteiger partial charge in [-0.2, -0.15) is 0 Å². The summed E-state index contributed by atoms with van der Waals surface area (Å²) in [6, 6.07) is 11.2. The molecule has 0 aliphatic heterocycles. The Balaban J connectivity index is 1.93. The Bertz CT molecular complexity index is 607. The number of benzene rings is 1. The molecule has 2 rings (SSSR count). The van der Waals surface area contributed by atoms with Crippen LogP contribution in [0.3, 0.4) is 0 Å². The summed E-state index contributed by atoms with van der Waals surface area (Å²) < 4.78 is 17.1. The van der Waals surface area contributed by atoms with Gasteiger partial charge in [-0.15, -0.1) is 0 Å². The van der Waals surface area contributed by atoms with Crippen molar-refractivity contribution in [1.82, 2.24) is 5.32 Å².